The molecule has 4 fully saturated rings. The Labute approximate surface area is 286 Å². The first-order chi connectivity index (χ1) is 21.9. The number of hydrogen-bond donors (Lipinski definition) is 5. The Hall–Kier alpha value is -0.150. The summed E-state index contributed by atoms with van der Waals surface area (Å²) in [5, 5.41) is 30.2. The summed E-state index contributed by atoms with van der Waals surface area (Å²) in [5.74, 6) is 5.29. The van der Waals surface area contributed by atoms with Crippen molar-refractivity contribution in [1.29, 1.82) is 0 Å². The van der Waals surface area contributed by atoms with Crippen LogP contribution in [0, 0.1) is 46.3 Å². The van der Waals surface area contributed by atoms with Crippen molar-refractivity contribution in [2.24, 2.45) is 52.1 Å². The summed E-state index contributed by atoms with van der Waals surface area (Å²) >= 11 is 4.17. The Morgan fingerprint density at radius 1 is 0.891 bits per heavy atom. The van der Waals surface area contributed by atoms with Gasteiger partial charge in [-0.05, 0) is 111 Å². The van der Waals surface area contributed by atoms with Crippen LogP contribution in [0.1, 0.15) is 137 Å². The molecule has 1 heterocycles. The van der Waals surface area contributed by atoms with E-state index in [1.807, 2.05) is 0 Å². The number of fused-ring (bicyclic) bond motifs is 5. The van der Waals surface area contributed by atoms with Gasteiger partial charge in [-0.3, -0.25) is 0 Å². The van der Waals surface area contributed by atoms with Gasteiger partial charge in [0.15, 0.2) is 0 Å². The fourth-order valence-electron chi connectivity index (χ4n) is 11.3. The van der Waals surface area contributed by atoms with Gasteiger partial charge >= 0.3 is 0 Å². The zero-order chi connectivity index (χ0) is 33.2. The minimum Gasteiger partial charge on any atom is -0.388 e. The Morgan fingerprint density at radius 3 is 2.41 bits per heavy atom. The molecule has 5 N–H and O–H groups in total. The molecular weight excluding hydrogens is 594 g/mol. The number of thiol groups is 1. The maximum absolute atomic E-state index is 10.3. The Kier molecular flexibility index (Phi) is 12.8. The fraction of sp³-hybridized carbons (Fsp3) is 0.949. The van der Waals surface area contributed by atoms with Crippen LogP contribution in [0.4, 0.5) is 0 Å². The van der Waals surface area contributed by atoms with Crippen LogP contribution in [0.5, 0.6) is 0 Å². The van der Waals surface area contributed by atoms with Crippen molar-refractivity contribution in [3.8, 4) is 0 Å². The average molecular weight is 664 g/mol. The molecular formula is C39H69NO5S. The lowest BCUT2D eigenvalue weighted by Crippen LogP contribution is -2.60. The zero-order valence-electron chi connectivity index (χ0n) is 29.8. The van der Waals surface area contributed by atoms with E-state index in [0.29, 0.717) is 23.4 Å². The molecule has 0 amide bonds. The Morgan fingerprint density at radius 2 is 1.65 bits per heavy atom. The molecule has 0 spiro atoms. The second kappa shape index (κ2) is 15.8. The lowest BCUT2D eigenvalue weighted by molar-refractivity contribution is -0.202. The van der Waals surface area contributed by atoms with Crippen molar-refractivity contribution in [3.05, 3.63) is 11.6 Å². The van der Waals surface area contributed by atoms with Gasteiger partial charge < -0.3 is 30.5 Å². The summed E-state index contributed by atoms with van der Waals surface area (Å²) < 4.78 is 12.1. The van der Waals surface area contributed by atoms with Crippen molar-refractivity contribution < 1.29 is 24.8 Å². The first-order valence-corrected chi connectivity index (χ1v) is 19.8. The fourth-order valence-corrected chi connectivity index (χ4v) is 11.6. The van der Waals surface area contributed by atoms with Gasteiger partial charge in [0.25, 0.3) is 0 Å². The van der Waals surface area contributed by atoms with E-state index in [1.165, 1.54) is 64.2 Å². The number of nitrogens with two attached hydrogens (primary N) is 1. The normalized spacial score (nSPS) is 43.8. The van der Waals surface area contributed by atoms with Crippen LogP contribution < -0.4 is 5.73 Å². The van der Waals surface area contributed by atoms with E-state index < -0.39 is 35.9 Å². The molecule has 3 saturated carbocycles. The molecule has 14 atom stereocenters. The molecule has 0 bridgehead atoms. The number of ether oxygens (including phenoxy) is 2. The lowest BCUT2D eigenvalue weighted by Gasteiger charge is -2.58. The maximum Gasteiger partial charge on any atom is 0.129 e. The number of aliphatic hydroxyl groups is 3. The second-order valence-corrected chi connectivity index (χ2v) is 17.9. The van der Waals surface area contributed by atoms with E-state index in [0.717, 1.165) is 74.2 Å². The zero-order valence-corrected chi connectivity index (χ0v) is 30.7. The van der Waals surface area contributed by atoms with Crippen LogP contribution in [0.15, 0.2) is 11.6 Å². The van der Waals surface area contributed by atoms with Crippen molar-refractivity contribution in [2.75, 3.05) is 6.61 Å². The van der Waals surface area contributed by atoms with Gasteiger partial charge in [0.1, 0.15) is 29.9 Å². The van der Waals surface area contributed by atoms with Crippen molar-refractivity contribution in [1.82, 2.24) is 0 Å². The largest absolute Gasteiger partial charge is 0.388 e. The van der Waals surface area contributed by atoms with Crippen LogP contribution in [0.3, 0.4) is 0 Å². The molecule has 0 radical (unpaired) electrons. The predicted molar refractivity (Wildman–Crippen MR) is 190 cm³/mol. The highest BCUT2D eigenvalue weighted by Crippen LogP contribution is 2.67. The molecule has 0 aromatic rings. The Bertz CT molecular complexity index is 1010. The number of rotatable bonds is 14. The molecule has 6 nitrogen and oxygen atoms in total. The highest BCUT2D eigenvalue weighted by Gasteiger charge is 2.59. The molecule has 5 rings (SSSR count). The first kappa shape index (κ1) is 37.1. The number of hydrogen-bond acceptors (Lipinski definition) is 7. The average Bonchev–Trinajstić information content (AvgIpc) is 3.38. The SMILES string of the molecule is CC(C)CCC[C@@H](C)[C@H]1CCC2C3CC=C4C[C@H](OCCCCCCC(N)[C@H]5O[C@@H](S)[C@@H](O)[C@@H](O)[C@@H]5O)CC[C@]4(C)C3CC[C@@]21C. The molecule has 0 aromatic carbocycles. The summed E-state index contributed by atoms with van der Waals surface area (Å²) in [6.45, 7) is 13.5. The van der Waals surface area contributed by atoms with E-state index >= 15 is 0 Å². The summed E-state index contributed by atoms with van der Waals surface area (Å²) in [6.07, 6.45) is 18.4. The van der Waals surface area contributed by atoms with Crippen molar-refractivity contribution >= 4 is 12.6 Å². The van der Waals surface area contributed by atoms with Gasteiger partial charge in [-0.25, -0.2) is 0 Å². The molecule has 266 valence electrons. The molecule has 4 aliphatic carbocycles. The number of allylic oxidation sites excluding steroid dienone is 1. The van der Waals surface area contributed by atoms with E-state index in [1.54, 1.807) is 5.57 Å². The highest BCUT2D eigenvalue weighted by molar-refractivity contribution is 7.80. The molecule has 1 saturated heterocycles. The number of unbranched alkanes of at least 4 members (excludes halogenated alkanes) is 3. The standard InChI is InChI=1S/C39H69NO5S/c1-24(2)11-10-12-25(3)29-16-17-30-28-15-14-26-23-27(18-20-38(26,4)31(28)19-21-39(29,30)5)44-22-9-7-6-8-13-32(40)36-34(42)33(41)35(43)37(46)45-36/h14,24-25,27-37,41-43,46H,6-13,15-23,40H2,1-5H3/t25-,27-,28?,29-,30?,31?,32?,33+,34+,35+,36-,37+,38+,39-/m1/s1. The van der Waals surface area contributed by atoms with Gasteiger partial charge in [0.2, 0.25) is 0 Å². The monoisotopic (exact) mass is 663 g/mol. The minimum atomic E-state index is -1.29. The quantitative estimate of drug-likeness (QED) is 0.0753. The van der Waals surface area contributed by atoms with Crippen LogP contribution in [0.25, 0.3) is 0 Å². The summed E-state index contributed by atoms with van der Waals surface area (Å²) in [5.41, 5.74) is 8.09. The number of aliphatic hydroxyl groups excluding tert-OH is 3. The maximum atomic E-state index is 10.3. The van der Waals surface area contributed by atoms with Gasteiger partial charge in [-0.1, -0.05) is 84.8 Å². The second-order valence-electron chi connectivity index (χ2n) is 17.4. The predicted octanol–water partition coefficient (Wildman–Crippen LogP) is 7.43. The molecule has 46 heavy (non-hydrogen) atoms. The van der Waals surface area contributed by atoms with Crippen molar-refractivity contribution in [3.63, 3.8) is 0 Å². The molecule has 0 aromatic heterocycles. The van der Waals surface area contributed by atoms with Gasteiger partial charge in [-0.2, -0.15) is 0 Å². The molecule has 7 heteroatoms. The van der Waals surface area contributed by atoms with E-state index in [-0.39, 0.29) is 0 Å². The van der Waals surface area contributed by atoms with Gasteiger partial charge in [0.05, 0.1) is 6.10 Å². The van der Waals surface area contributed by atoms with Crippen LogP contribution in [-0.2, 0) is 9.47 Å². The topological polar surface area (TPSA) is 105 Å². The van der Waals surface area contributed by atoms with Crippen molar-refractivity contribution in [2.45, 2.75) is 179 Å². The van der Waals surface area contributed by atoms with Gasteiger partial charge in [0, 0.05) is 12.6 Å². The molecule has 4 unspecified atom stereocenters. The van der Waals surface area contributed by atoms with E-state index in [9.17, 15) is 15.3 Å². The highest BCUT2D eigenvalue weighted by atomic mass is 32.1. The third-order valence-corrected chi connectivity index (χ3v) is 14.5. The summed E-state index contributed by atoms with van der Waals surface area (Å²) in [4.78, 5) is 0. The first-order valence-electron chi connectivity index (χ1n) is 19.3. The third-order valence-electron chi connectivity index (χ3n) is 14.1. The summed E-state index contributed by atoms with van der Waals surface area (Å²) in [7, 11) is 0. The van der Waals surface area contributed by atoms with Crippen LogP contribution in [-0.4, -0.2) is 63.9 Å². The summed E-state index contributed by atoms with van der Waals surface area (Å²) in [6, 6.07) is -0.404. The van der Waals surface area contributed by atoms with Crippen LogP contribution in [0.2, 0.25) is 0 Å². The Balaban J connectivity index is 1.03. The van der Waals surface area contributed by atoms with Crippen LogP contribution >= 0.6 is 12.6 Å². The smallest absolute Gasteiger partial charge is 0.129 e. The van der Waals surface area contributed by atoms with E-state index in [2.05, 4.69) is 53.3 Å². The minimum absolute atomic E-state index is 0.363. The molecule has 5 aliphatic rings. The lowest BCUT2D eigenvalue weighted by atomic mass is 9.47. The third kappa shape index (κ3) is 7.76. The molecule has 1 aliphatic heterocycles. The van der Waals surface area contributed by atoms with Gasteiger partial charge in [-0.15, -0.1) is 12.6 Å². The van der Waals surface area contributed by atoms with E-state index in [4.69, 9.17) is 15.2 Å².